The topological polar surface area (TPSA) is 9.72 Å². The molecule has 352 valence electrons. The summed E-state index contributed by atoms with van der Waals surface area (Å²) in [7, 11) is 10.5. The van der Waals surface area contributed by atoms with Crippen molar-refractivity contribution in [2.45, 2.75) is 20.3 Å². The number of benzene rings is 12. The monoisotopic (exact) mass is 931 g/mol. The Morgan fingerprint density at radius 2 is 0.681 bits per heavy atom. The van der Waals surface area contributed by atoms with Crippen LogP contribution in [-0.4, -0.2) is 41.8 Å². The summed E-state index contributed by atoms with van der Waals surface area (Å²) in [6.45, 7) is 5.58. The quantitative estimate of drug-likeness (QED) is 0.159. The average molecular weight is 932 g/mol. The van der Waals surface area contributed by atoms with Gasteiger partial charge in [-0.15, -0.1) is 0 Å². The van der Waals surface area contributed by atoms with Gasteiger partial charge in [-0.1, -0.05) is 164 Å². The molecular weight excluding hydrogens is 871 g/mol. The summed E-state index contributed by atoms with van der Waals surface area (Å²) in [6.07, 6.45) is 1.14. The molecule has 0 bridgehead atoms. The number of hydrogen-bond donors (Lipinski definition) is 0. The molecule has 0 aliphatic carbocycles. The lowest BCUT2D eigenvalue weighted by Crippen LogP contribution is -2.12. The van der Waals surface area contributed by atoms with Crippen molar-refractivity contribution in [1.82, 2.24) is 0 Å². The van der Waals surface area contributed by atoms with E-state index in [4.69, 9.17) is 0 Å². The van der Waals surface area contributed by atoms with Crippen molar-refractivity contribution in [2.75, 3.05) is 56.5 Å². The molecule has 0 amide bonds. The minimum absolute atomic E-state index is 1.12. The Kier molecular flexibility index (Phi) is 12.4. The normalized spacial score (nSPS) is 12.0. The van der Waals surface area contributed by atoms with Gasteiger partial charge in [-0.05, 0) is 190 Å². The lowest BCUT2D eigenvalue weighted by atomic mass is 9.87. The van der Waals surface area contributed by atoms with E-state index in [9.17, 15) is 0 Å². The average Bonchev–Trinajstić information content (AvgIpc) is 3.78. The van der Waals surface area contributed by atoms with Crippen LogP contribution in [0.2, 0.25) is 0 Å². The molecule has 0 spiro atoms. The van der Waals surface area contributed by atoms with Crippen LogP contribution in [0.25, 0.3) is 98.0 Å². The fraction of sp³-hybridized carbons (Fsp3) is 0.130. The zero-order valence-electron chi connectivity index (χ0n) is 42.5. The molecule has 0 radical (unpaired) electrons. The zero-order chi connectivity index (χ0) is 49.5. The van der Waals surface area contributed by atoms with Gasteiger partial charge < -0.3 is 14.7 Å². The second kappa shape index (κ2) is 19.4. The Morgan fingerprint density at radius 1 is 0.333 bits per heavy atom. The highest BCUT2D eigenvalue weighted by Gasteiger charge is 2.19. The summed E-state index contributed by atoms with van der Waals surface area (Å²) in [5.74, 6) is 0. The number of hydrogen-bond acceptors (Lipinski definition) is 3. The zero-order valence-corrected chi connectivity index (χ0v) is 42.5. The first-order valence-corrected chi connectivity index (χ1v) is 25.2. The summed E-state index contributed by atoms with van der Waals surface area (Å²) in [5, 5.41) is 15.7. The molecular formula is C69H61N3. The van der Waals surface area contributed by atoms with Crippen LogP contribution in [0.1, 0.15) is 16.7 Å². The molecule has 12 aromatic rings. The summed E-state index contributed by atoms with van der Waals surface area (Å²) in [5.41, 5.74) is 16.0. The molecule has 1 aliphatic rings. The van der Waals surface area contributed by atoms with Gasteiger partial charge in [0.05, 0.1) is 0 Å². The van der Waals surface area contributed by atoms with Crippen LogP contribution in [0.15, 0.2) is 218 Å². The van der Waals surface area contributed by atoms with Crippen LogP contribution in [0.4, 0.5) is 17.1 Å². The van der Waals surface area contributed by atoms with Crippen LogP contribution in [0, 0.1) is 13.8 Å². The first-order valence-electron chi connectivity index (χ1n) is 25.2. The van der Waals surface area contributed by atoms with Gasteiger partial charge in [-0.2, -0.15) is 0 Å². The van der Waals surface area contributed by atoms with E-state index >= 15 is 0 Å². The Labute approximate surface area is 424 Å². The molecule has 0 fully saturated rings. The van der Waals surface area contributed by atoms with E-state index in [0.29, 0.717) is 0 Å². The first kappa shape index (κ1) is 46.0. The van der Waals surface area contributed by atoms with Crippen LogP contribution < -0.4 is 14.7 Å². The second-order valence-corrected chi connectivity index (χ2v) is 19.9. The summed E-state index contributed by atoms with van der Waals surface area (Å²) in [6, 6.07) is 79.4. The number of aryl methyl sites for hydroxylation is 2. The van der Waals surface area contributed by atoms with Crippen molar-refractivity contribution >= 4 is 81.7 Å². The van der Waals surface area contributed by atoms with E-state index in [2.05, 4.69) is 282 Å². The lowest BCUT2D eigenvalue weighted by Gasteiger charge is -2.20. The Bertz CT molecular complexity index is 3790. The Balaban J connectivity index is 0.000000117. The number of fused-ring (bicyclic) bond motifs is 7. The molecule has 0 saturated carbocycles. The van der Waals surface area contributed by atoms with E-state index in [0.717, 1.165) is 13.0 Å². The predicted octanol–water partition coefficient (Wildman–Crippen LogP) is 17.7. The van der Waals surface area contributed by atoms with Gasteiger partial charge >= 0.3 is 0 Å². The van der Waals surface area contributed by atoms with Gasteiger partial charge in [0.25, 0.3) is 0 Å². The number of anilines is 3. The first-order chi connectivity index (χ1) is 35.1. The molecule has 1 aliphatic heterocycles. The third kappa shape index (κ3) is 8.66. The van der Waals surface area contributed by atoms with Crippen LogP contribution in [-0.2, 0) is 6.42 Å². The minimum atomic E-state index is 1.12. The summed E-state index contributed by atoms with van der Waals surface area (Å²) >= 11 is 0. The molecule has 0 N–H and O–H groups in total. The van der Waals surface area contributed by atoms with Crippen LogP contribution >= 0.6 is 0 Å². The molecule has 13 rings (SSSR count). The van der Waals surface area contributed by atoms with E-state index in [1.807, 2.05) is 0 Å². The van der Waals surface area contributed by atoms with E-state index in [1.165, 1.54) is 132 Å². The molecule has 0 aromatic heterocycles. The van der Waals surface area contributed by atoms with Gasteiger partial charge in [-0.25, -0.2) is 0 Å². The fourth-order valence-electron chi connectivity index (χ4n) is 11.2. The highest BCUT2D eigenvalue weighted by Crippen LogP contribution is 2.42. The largest absolute Gasteiger partial charge is 0.378 e. The van der Waals surface area contributed by atoms with Gasteiger partial charge in [-0.3, -0.25) is 0 Å². The Morgan fingerprint density at radius 3 is 1.07 bits per heavy atom. The molecule has 72 heavy (non-hydrogen) atoms. The number of nitrogens with zero attached hydrogens (tertiary/aromatic N) is 3. The highest BCUT2D eigenvalue weighted by molar-refractivity contribution is 6.15. The van der Waals surface area contributed by atoms with Crippen molar-refractivity contribution in [1.29, 1.82) is 0 Å². The number of rotatable bonds is 5. The maximum absolute atomic E-state index is 2.40. The molecule has 0 saturated heterocycles. The maximum atomic E-state index is 2.40. The summed E-state index contributed by atoms with van der Waals surface area (Å²) < 4.78 is 0. The van der Waals surface area contributed by atoms with E-state index in [1.54, 1.807) is 0 Å². The van der Waals surface area contributed by atoms with Crippen LogP contribution in [0.3, 0.4) is 0 Å². The van der Waals surface area contributed by atoms with Crippen molar-refractivity contribution in [2.24, 2.45) is 0 Å². The highest BCUT2D eigenvalue weighted by atomic mass is 15.1. The molecule has 3 nitrogen and oxygen atoms in total. The molecule has 1 heterocycles. The fourth-order valence-corrected chi connectivity index (χ4v) is 11.2. The standard InChI is InChI=1S/C24H23N.C23H19N.C22H19N/c1-16-13-20(25(3)4)14-17(2)23(16)24-21-11-7-5-9-18(21)15-19-10-6-8-12-22(19)24;1-24-13-12-18-15-19(10-11-22(18)24)23-20-8-4-2-6-16(20)14-17-7-3-5-9-21(17)23;1-23(2)19-13-11-16(12-14-19)22-20-9-5-3-7-17(20)15-18-8-4-6-10-21(18)22/h5-15H,1-4H3;2-11,14-15H,12-13H2,1H3;3-15H,1-2H3. The number of likely N-dealkylation sites (N-methyl/N-ethyl adjacent to an activating group) is 1. The third-order valence-electron chi connectivity index (χ3n) is 14.8. The summed E-state index contributed by atoms with van der Waals surface area (Å²) in [4.78, 5) is 6.65. The molecule has 0 atom stereocenters. The predicted molar refractivity (Wildman–Crippen MR) is 316 cm³/mol. The molecule has 0 unspecified atom stereocenters. The molecule has 12 aromatic carbocycles. The van der Waals surface area contributed by atoms with Crippen molar-refractivity contribution < 1.29 is 0 Å². The van der Waals surface area contributed by atoms with Crippen LogP contribution in [0.5, 0.6) is 0 Å². The van der Waals surface area contributed by atoms with Gasteiger partial charge in [0.15, 0.2) is 0 Å². The third-order valence-corrected chi connectivity index (χ3v) is 14.8. The maximum Gasteiger partial charge on any atom is 0.0397 e. The Hall–Kier alpha value is -8.40. The van der Waals surface area contributed by atoms with E-state index in [-0.39, 0.29) is 0 Å². The van der Waals surface area contributed by atoms with Crippen molar-refractivity contribution in [3.8, 4) is 33.4 Å². The molecule has 3 heteroatoms. The van der Waals surface area contributed by atoms with Gasteiger partial charge in [0, 0.05) is 58.8 Å². The van der Waals surface area contributed by atoms with Crippen molar-refractivity contribution in [3.63, 3.8) is 0 Å². The van der Waals surface area contributed by atoms with Gasteiger partial charge in [0.1, 0.15) is 0 Å². The SMILES string of the molecule is CN(C)c1ccc(-c2c3ccccc3cc3ccccc23)cc1.CN1CCc2cc(-c3c4ccccc4cc4ccccc34)ccc21.Cc1cc(N(C)C)cc(C)c1-c1c2ccccc2cc2ccccc12. The lowest BCUT2D eigenvalue weighted by molar-refractivity contribution is 0.956. The minimum Gasteiger partial charge on any atom is -0.378 e. The van der Waals surface area contributed by atoms with Crippen molar-refractivity contribution in [3.05, 3.63) is 235 Å². The van der Waals surface area contributed by atoms with Gasteiger partial charge in [0.2, 0.25) is 0 Å². The smallest absolute Gasteiger partial charge is 0.0397 e. The second-order valence-electron chi connectivity index (χ2n) is 19.9. The van der Waals surface area contributed by atoms with E-state index < -0.39 is 0 Å².